The highest BCUT2D eigenvalue weighted by molar-refractivity contribution is 6.31. The van der Waals surface area contributed by atoms with Crippen LogP contribution in [-0.2, 0) is 17.8 Å². The predicted octanol–water partition coefficient (Wildman–Crippen LogP) is 3.30. The van der Waals surface area contributed by atoms with Gasteiger partial charge in [0.05, 0.1) is 31.4 Å². The Labute approximate surface area is 189 Å². The highest BCUT2D eigenvalue weighted by Gasteiger charge is 2.12. The smallest absolute Gasteiger partial charge is 0.261 e. The molecule has 4 aromatic rings. The van der Waals surface area contributed by atoms with Crippen LogP contribution in [0.1, 0.15) is 12.0 Å². The van der Waals surface area contributed by atoms with Crippen LogP contribution in [0.4, 0.5) is 0 Å². The molecule has 1 amide bonds. The molecule has 2 aromatic heterocycles. The van der Waals surface area contributed by atoms with Crippen LogP contribution in [-0.4, -0.2) is 41.2 Å². The maximum absolute atomic E-state index is 12.8. The first-order valence-electron chi connectivity index (χ1n) is 10.1. The number of methoxy groups -OCH3 is 2. The largest absolute Gasteiger partial charge is 0.493 e. The van der Waals surface area contributed by atoms with E-state index in [9.17, 15) is 9.59 Å². The molecule has 0 radical (unpaired) electrons. The molecule has 0 saturated heterocycles. The molecule has 4 rings (SSSR count). The lowest BCUT2D eigenvalue weighted by atomic mass is 10.1. The summed E-state index contributed by atoms with van der Waals surface area (Å²) in [6, 6.07) is 8.94. The Hall–Kier alpha value is -3.52. The number of aromatic nitrogens is 3. The molecule has 0 atom stereocenters. The summed E-state index contributed by atoms with van der Waals surface area (Å²) in [4.78, 5) is 32.6. The van der Waals surface area contributed by atoms with E-state index in [1.165, 1.54) is 25.1 Å². The van der Waals surface area contributed by atoms with Crippen LogP contribution in [0.2, 0.25) is 5.02 Å². The topological polar surface area (TPSA) is 98.2 Å². The lowest BCUT2D eigenvalue weighted by Crippen LogP contribution is -2.29. The van der Waals surface area contributed by atoms with Gasteiger partial charge < -0.3 is 19.8 Å². The van der Waals surface area contributed by atoms with Gasteiger partial charge in [0.15, 0.2) is 11.5 Å². The maximum atomic E-state index is 12.8. The predicted molar refractivity (Wildman–Crippen MR) is 124 cm³/mol. The number of halogens is 1. The fourth-order valence-electron chi connectivity index (χ4n) is 3.65. The highest BCUT2D eigenvalue weighted by atomic mass is 35.5. The van der Waals surface area contributed by atoms with Gasteiger partial charge in [-0.15, -0.1) is 0 Å². The van der Waals surface area contributed by atoms with Crippen LogP contribution < -0.4 is 20.3 Å². The quantitative estimate of drug-likeness (QED) is 0.425. The zero-order valence-corrected chi connectivity index (χ0v) is 18.5. The molecule has 0 fully saturated rings. The van der Waals surface area contributed by atoms with Crippen molar-refractivity contribution in [1.29, 1.82) is 0 Å². The molecular formula is C23H23ClN4O4. The summed E-state index contributed by atoms with van der Waals surface area (Å²) < 4.78 is 11.9. The minimum absolute atomic E-state index is 0.137. The van der Waals surface area contributed by atoms with Gasteiger partial charge in [-0.3, -0.25) is 14.2 Å². The number of ether oxygens (including phenoxy) is 2. The lowest BCUT2D eigenvalue weighted by molar-refractivity contribution is -0.121. The average Bonchev–Trinajstić information content (AvgIpc) is 3.19. The Morgan fingerprint density at radius 2 is 1.94 bits per heavy atom. The third-order valence-electron chi connectivity index (χ3n) is 5.36. The first kappa shape index (κ1) is 21.7. The average molecular weight is 455 g/mol. The van der Waals surface area contributed by atoms with E-state index in [0.717, 1.165) is 16.5 Å². The molecule has 0 spiro atoms. The van der Waals surface area contributed by atoms with Crippen molar-refractivity contribution >= 4 is 39.3 Å². The summed E-state index contributed by atoms with van der Waals surface area (Å²) in [5, 5.41) is 5.03. The van der Waals surface area contributed by atoms with Gasteiger partial charge in [0, 0.05) is 47.7 Å². The van der Waals surface area contributed by atoms with E-state index in [1.807, 2.05) is 24.4 Å². The molecule has 9 heteroatoms. The van der Waals surface area contributed by atoms with Crippen LogP contribution in [0.3, 0.4) is 0 Å². The zero-order valence-electron chi connectivity index (χ0n) is 17.8. The number of benzene rings is 2. The summed E-state index contributed by atoms with van der Waals surface area (Å²) >= 11 is 6.08. The molecule has 0 unspecified atom stereocenters. The van der Waals surface area contributed by atoms with Gasteiger partial charge in [-0.2, -0.15) is 0 Å². The van der Waals surface area contributed by atoms with Crippen LogP contribution in [0, 0.1) is 0 Å². The summed E-state index contributed by atoms with van der Waals surface area (Å²) in [7, 11) is 3.03. The molecule has 0 saturated carbocycles. The summed E-state index contributed by atoms with van der Waals surface area (Å²) in [5.74, 6) is 0.816. The van der Waals surface area contributed by atoms with Gasteiger partial charge in [-0.25, -0.2) is 4.98 Å². The van der Waals surface area contributed by atoms with Gasteiger partial charge in [0.25, 0.3) is 5.56 Å². The molecule has 166 valence electrons. The van der Waals surface area contributed by atoms with Crippen molar-refractivity contribution in [3.05, 3.63) is 63.8 Å². The van der Waals surface area contributed by atoms with Gasteiger partial charge in [-0.1, -0.05) is 11.6 Å². The Balaban J connectivity index is 1.37. The Bertz CT molecular complexity index is 1350. The number of hydrogen-bond donors (Lipinski definition) is 2. The van der Waals surface area contributed by atoms with E-state index < -0.39 is 0 Å². The number of hydrogen-bond acceptors (Lipinski definition) is 5. The van der Waals surface area contributed by atoms with Gasteiger partial charge in [0.2, 0.25) is 5.91 Å². The molecule has 0 bridgehead atoms. The Kier molecular flexibility index (Phi) is 6.32. The molecule has 0 aliphatic carbocycles. The van der Waals surface area contributed by atoms with Gasteiger partial charge in [-0.05, 0) is 36.2 Å². The minimum Gasteiger partial charge on any atom is -0.493 e. The number of carbonyl (C=O) groups excluding carboxylic acids is 1. The third kappa shape index (κ3) is 4.40. The third-order valence-corrected chi connectivity index (χ3v) is 5.59. The molecule has 2 N–H and O–H groups in total. The van der Waals surface area contributed by atoms with E-state index in [0.29, 0.717) is 40.4 Å². The van der Waals surface area contributed by atoms with Crippen molar-refractivity contribution in [2.75, 3.05) is 20.8 Å². The fraction of sp³-hybridized carbons (Fsp3) is 0.261. The maximum Gasteiger partial charge on any atom is 0.261 e. The highest BCUT2D eigenvalue weighted by Crippen LogP contribution is 2.29. The number of H-pyrrole nitrogens is 1. The van der Waals surface area contributed by atoms with Crippen LogP contribution in [0.5, 0.6) is 11.5 Å². The van der Waals surface area contributed by atoms with Crippen molar-refractivity contribution in [1.82, 2.24) is 19.9 Å². The number of rotatable bonds is 8. The summed E-state index contributed by atoms with van der Waals surface area (Å²) in [6.45, 7) is 0.713. The van der Waals surface area contributed by atoms with Crippen molar-refractivity contribution < 1.29 is 14.3 Å². The molecular weight excluding hydrogens is 432 g/mol. The number of carbonyl (C=O) groups is 1. The Morgan fingerprint density at radius 1 is 1.16 bits per heavy atom. The van der Waals surface area contributed by atoms with Crippen molar-refractivity contribution in [3.8, 4) is 11.5 Å². The normalized spacial score (nSPS) is 11.1. The van der Waals surface area contributed by atoms with Crippen LogP contribution in [0.25, 0.3) is 21.8 Å². The van der Waals surface area contributed by atoms with E-state index in [-0.39, 0.29) is 24.4 Å². The molecule has 0 aliphatic heterocycles. The van der Waals surface area contributed by atoms with Crippen LogP contribution in [0.15, 0.2) is 47.7 Å². The van der Waals surface area contributed by atoms with E-state index in [1.54, 1.807) is 12.1 Å². The molecule has 0 aliphatic rings. The molecule has 32 heavy (non-hydrogen) atoms. The second-order valence-electron chi connectivity index (χ2n) is 7.32. The molecule has 8 nitrogen and oxygen atoms in total. The van der Waals surface area contributed by atoms with E-state index >= 15 is 0 Å². The fourth-order valence-corrected chi connectivity index (χ4v) is 3.82. The monoisotopic (exact) mass is 454 g/mol. The van der Waals surface area contributed by atoms with Crippen LogP contribution >= 0.6 is 11.6 Å². The SMILES string of the molecule is COc1cc2ncn(CCC(=O)NCCc3c[nH]c4ccc(Cl)cc34)c(=O)c2cc1OC. The lowest BCUT2D eigenvalue weighted by Gasteiger charge is -2.10. The Morgan fingerprint density at radius 3 is 2.72 bits per heavy atom. The number of aromatic amines is 1. The second kappa shape index (κ2) is 9.32. The van der Waals surface area contributed by atoms with E-state index in [2.05, 4.69) is 15.3 Å². The standard InChI is InChI=1S/C23H23ClN4O4/c1-31-20-10-17-19(11-21(20)32-2)27-13-28(23(17)30)8-6-22(29)25-7-5-14-12-26-18-4-3-15(24)9-16(14)18/h3-4,9-13,26H,5-8H2,1-2H3,(H,25,29). The van der Waals surface area contributed by atoms with Gasteiger partial charge >= 0.3 is 0 Å². The number of fused-ring (bicyclic) bond motifs is 2. The van der Waals surface area contributed by atoms with E-state index in [4.69, 9.17) is 21.1 Å². The number of amides is 1. The summed E-state index contributed by atoms with van der Waals surface area (Å²) in [6.07, 6.45) is 4.21. The van der Waals surface area contributed by atoms with Crippen molar-refractivity contribution in [2.45, 2.75) is 19.4 Å². The van der Waals surface area contributed by atoms with Crippen molar-refractivity contribution in [3.63, 3.8) is 0 Å². The minimum atomic E-state index is -0.237. The first-order chi connectivity index (χ1) is 15.5. The molecule has 2 aromatic carbocycles. The first-order valence-corrected chi connectivity index (χ1v) is 10.5. The zero-order chi connectivity index (χ0) is 22.7. The number of nitrogens with zero attached hydrogens (tertiary/aromatic N) is 2. The number of aryl methyl sites for hydroxylation is 1. The number of nitrogens with one attached hydrogen (secondary N) is 2. The van der Waals surface area contributed by atoms with Crippen molar-refractivity contribution in [2.24, 2.45) is 0 Å². The second-order valence-corrected chi connectivity index (χ2v) is 7.76. The summed E-state index contributed by atoms with van der Waals surface area (Å²) in [5.41, 5.74) is 2.36. The van der Waals surface area contributed by atoms with Gasteiger partial charge in [0.1, 0.15) is 0 Å². The molecule has 2 heterocycles.